The normalized spacial score (nSPS) is 14.0. The van der Waals surface area contributed by atoms with Gasteiger partial charge in [-0.25, -0.2) is 9.97 Å². The van der Waals surface area contributed by atoms with Crippen LogP contribution in [0.15, 0.2) is 24.3 Å². The zero-order chi connectivity index (χ0) is 15.0. The fourth-order valence-corrected chi connectivity index (χ4v) is 2.29. The number of nitrogens with zero attached hydrogens (tertiary/aromatic N) is 3. The average molecular weight is 283 g/mol. The molecule has 5 nitrogen and oxygen atoms in total. The van der Waals surface area contributed by atoms with Crippen molar-refractivity contribution in [3.63, 3.8) is 0 Å². The minimum Gasteiger partial charge on any atom is -0.383 e. The number of para-hydroxylation sites is 2. The molecule has 1 aliphatic rings. The van der Waals surface area contributed by atoms with Gasteiger partial charge in [0.2, 0.25) is 0 Å². The summed E-state index contributed by atoms with van der Waals surface area (Å²) in [6, 6.07) is 8.15. The maximum Gasteiger partial charge on any atom is 0.139 e. The van der Waals surface area contributed by atoms with Gasteiger partial charge in [0.15, 0.2) is 0 Å². The summed E-state index contributed by atoms with van der Waals surface area (Å²) in [6.45, 7) is 1.95. The Morgan fingerprint density at radius 1 is 1.19 bits per heavy atom. The van der Waals surface area contributed by atoms with Crippen molar-refractivity contribution in [1.82, 2.24) is 9.97 Å². The van der Waals surface area contributed by atoms with Gasteiger partial charge in [-0.3, -0.25) is 0 Å². The summed E-state index contributed by atoms with van der Waals surface area (Å²) in [5.41, 5.74) is 9.07. The summed E-state index contributed by atoms with van der Waals surface area (Å²) in [6.07, 6.45) is 2.33. The molecule has 5 heteroatoms. The molecule has 0 amide bonds. The van der Waals surface area contributed by atoms with Gasteiger partial charge in [0.25, 0.3) is 0 Å². The molecule has 110 valence electrons. The van der Waals surface area contributed by atoms with Gasteiger partial charge in [-0.15, -0.1) is 0 Å². The van der Waals surface area contributed by atoms with E-state index in [2.05, 4.69) is 26.3 Å². The molecule has 0 unspecified atom stereocenters. The van der Waals surface area contributed by atoms with Gasteiger partial charge in [-0.2, -0.15) is 0 Å². The van der Waals surface area contributed by atoms with Crippen molar-refractivity contribution in [2.75, 3.05) is 30.0 Å². The van der Waals surface area contributed by atoms with Gasteiger partial charge in [-0.1, -0.05) is 12.1 Å². The van der Waals surface area contributed by atoms with Crippen LogP contribution in [0, 0.1) is 6.92 Å². The molecule has 1 saturated carbocycles. The van der Waals surface area contributed by atoms with Gasteiger partial charge in [0, 0.05) is 25.6 Å². The number of hydrogen-bond donors (Lipinski definition) is 2. The van der Waals surface area contributed by atoms with E-state index in [1.54, 1.807) is 0 Å². The molecular formula is C16H21N5. The number of rotatable bonds is 4. The molecule has 3 N–H and O–H groups in total. The fraction of sp³-hybridized carbons (Fsp3) is 0.375. The third-order valence-electron chi connectivity index (χ3n) is 3.78. The lowest BCUT2D eigenvalue weighted by molar-refractivity contribution is 0.927. The lowest BCUT2D eigenvalue weighted by atomic mass is 10.2. The van der Waals surface area contributed by atoms with Crippen LogP contribution in [-0.4, -0.2) is 24.1 Å². The zero-order valence-corrected chi connectivity index (χ0v) is 12.7. The molecule has 0 bridgehead atoms. The summed E-state index contributed by atoms with van der Waals surface area (Å²) in [5, 5.41) is 3.41. The van der Waals surface area contributed by atoms with Crippen molar-refractivity contribution in [3.05, 3.63) is 35.7 Å². The maximum atomic E-state index is 6.04. The summed E-state index contributed by atoms with van der Waals surface area (Å²) in [4.78, 5) is 11.2. The van der Waals surface area contributed by atoms with Crippen LogP contribution in [-0.2, 0) is 0 Å². The Hall–Kier alpha value is -2.30. The number of hydrogen-bond acceptors (Lipinski definition) is 5. The smallest absolute Gasteiger partial charge is 0.139 e. The molecule has 1 aromatic carbocycles. The topological polar surface area (TPSA) is 67.1 Å². The Labute approximate surface area is 125 Å². The highest BCUT2D eigenvalue weighted by molar-refractivity contribution is 5.75. The van der Waals surface area contributed by atoms with E-state index >= 15 is 0 Å². The molecular weight excluding hydrogens is 262 g/mol. The highest BCUT2D eigenvalue weighted by atomic mass is 15.1. The Morgan fingerprint density at radius 2 is 1.90 bits per heavy atom. The number of benzene rings is 1. The average Bonchev–Trinajstić information content (AvgIpc) is 3.28. The number of anilines is 4. The van der Waals surface area contributed by atoms with Gasteiger partial charge < -0.3 is 16.0 Å². The minimum atomic E-state index is 0.484. The molecule has 1 heterocycles. The molecule has 3 rings (SSSR count). The van der Waals surface area contributed by atoms with Gasteiger partial charge in [0.1, 0.15) is 17.5 Å². The van der Waals surface area contributed by atoms with Crippen molar-refractivity contribution in [3.8, 4) is 0 Å². The second-order valence-electron chi connectivity index (χ2n) is 5.75. The first-order valence-corrected chi connectivity index (χ1v) is 7.23. The predicted octanol–water partition coefficient (Wildman–Crippen LogP) is 3.05. The predicted molar refractivity (Wildman–Crippen MR) is 87.2 cm³/mol. The quantitative estimate of drug-likeness (QED) is 0.902. The van der Waals surface area contributed by atoms with E-state index in [0.717, 1.165) is 41.4 Å². The molecule has 1 aromatic heterocycles. The molecule has 0 saturated heterocycles. The second-order valence-corrected chi connectivity index (χ2v) is 5.75. The van der Waals surface area contributed by atoms with Crippen LogP contribution in [0.2, 0.25) is 0 Å². The Bertz CT molecular complexity index is 662. The number of aromatic nitrogens is 2. The third-order valence-corrected chi connectivity index (χ3v) is 3.78. The number of nitrogens with two attached hydrogens (primary N) is 1. The van der Waals surface area contributed by atoms with Crippen LogP contribution >= 0.6 is 0 Å². The summed E-state index contributed by atoms with van der Waals surface area (Å²) < 4.78 is 0. The maximum absolute atomic E-state index is 6.04. The Morgan fingerprint density at radius 3 is 2.57 bits per heavy atom. The fourth-order valence-electron chi connectivity index (χ4n) is 2.29. The first-order chi connectivity index (χ1) is 10.1. The lowest BCUT2D eigenvalue weighted by Gasteiger charge is -2.19. The molecule has 0 aliphatic heterocycles. The van der Waals surface area contributed by atoms with E-state index in [0.29, 0.717) is 11.7 Å². The van der Waals surface area contributed by atoms with Crippen LogP contribution in [0.5, 0.6) is 0 Å². The van der Waals surface area contributed by atoms with Gasteiger partial charge >= 0.3 is 0 Å². The van der Waals surface area contributed by atoms with Crippen molar-refractivity contribution < 1.29 is 0 Å². The molecule has 2 aromatic rings. The van der Waals surface area contributed by atoms with Crippen molar-refractivity contribution >= 4 is 23.0 Å². The van der Waals surface area contributed by atoms with Crippen molar-refractivity contribution in [2.45, 2.75) is 25.7 Å². The van der Waals surface area contributed by atoms with Crippen molar-refractivity contribution in [2.24, 2.45) is 0 Å². The zero-order valence-electron chi connectivity index (χ0n) is 12.7. The Kier molecular flexibility index (Phi) is 3.41. The summed E-state index contributed by atoms with van der Waals surface area (Å²) in [7, 11) is 4.05. The van der Waals surface area contributed by atoms with Gasteiger partial charge in [0.05, 0.1) is 11.4 Å². The van der Waals surface area contributed by atoms with E-state index in [9.17, 15) is 0 Å². The first-order valence-electron chi connectivity index (χ1n) is 7.23. The van der Waals surface area contributed by atoms with E-state index in [1.807, 2.05) is 39.2 Å². The van der Waals surface area contributed by atoms with Crippen LogP contribution in [0.3, 0.4) is 0 Å². The van der Waals surface area contributed by atoms with Crippen LogP contribution in [0.25, 0.3) is 0 Å². The van der Waals surface area contributed by atoms with Crippen LogP contribution in [0.4, 0.5) is 23.0 Å². The van der Waals surface area contributed by atoms with Crippen LogP contribution in [0.1, 0.15) is 30.1 Å². The first kappa shape index (κ1) is 13.7. The van der Waals surface area contributed by atoms with Crippen molar-refractivity contribution in [1.29, 1.82) is 0 Å². The lowest BCUT2D eigenvalue weighted by Crippen LogP contribution is -2.12. The molecule has 0 spiro atoms. The molecule has 1 aliphatic carbocycles. The highest BCUT2D eigenvalue weighted by Crippen LogP contribution is 2.39. The number of nitrogens with one attached hydrogen (secondary N) is 1. The van der Waals surface area contributed by atoms with E-state index < -0.39 is 0 Å². The van der Waals surface area contributed by atoms with Crippen LogP contribution < -0.4 is 16.0 Å². The molecule has 0 atom stereocenters. The number of nitrogen functional groups attached to an aromatic ring is 1. The minimum absolute atomic E-state index is 0.484. The van der Waals surface area contributed by atoms with E-state index in [4.69, 9.17) is 5.73 Å². The molecule has 0 radical (unpaired) electrons. The van der Waals surface area contributed by atoms with E-state index in [-0.39, 0.29) is 0 Å². The second kappa shape index (κ2) is 5.24. The third kappa shape index (κ3) is 2.77. The standard InChI is InChI=1S/C16H21N5/c1-10-14(17)19-16(11-8-9-11)20-15(10)18-12-6-4-5-7-13(12)21(2)3/h4-7,11H,8-9H2,1-3H3,(H3,17,18,19,20). The van der Waals surface area contributed by atoms with Gasteiger partial charge in [-0.05, 0) is 31.9 Å². The molecule has 1 fully saturated rings. The summed E-state index contributed by atoms with van der Waals surface area (Å²) >= 11 is 0. The SMILES string of the molecule is Cc1c(N)nc(C2CC2)nc1Nc1ccccc1N(C)C. The van der Waals surface area contributed by atoms with E-state index in [1.165, 1.54) is 0 Å². The Balaban J connectivity index is 1.98. The summed E-state index contributed by atoms with van der Waals surface area (Å²) in [5.74, 6) is 2.72. The monoisotopic (exact) mass is 283 g/mol. The highest BCUT2D eigenvalue weighted by Gasteiger charge is 2.28. The molecule has 21 heavy (non-hydrogen) atoms. The largest absolute Gasteiger partial charge is 0.383 e.